The van der Waals surface area contributed by atoms with Crippen molar-refractivity contribution in [2.45, 2.75) is 19.1 Å². The first-order chi connectivity index (χ1) is 22.7. The number of rotatable bonds is 5. The van der Waals surface area contributed by atoms with Gasteiger partial charge in [0.05, 0.1) is 19.3 Å². The number of fused-ring (bicyclic) bond motifs is 2. The van der Waals surface area contributed by atoms with E-state index in [0.717, 1.165) is 30.3 Å². The van der Waals surface area contributed by atoms with E-state index in [4.69, 9.17) is 26.3 Å². The van der Waals surface area contributed by atoms with E-state index in [1.165, 1.54) is 43.5 Å². The average Bonchev–Trinajstić information content (AvgIpc) is 2.99. The Kier molecular flexibility index (Phi) is 11.7. The molecule has 0 unspecified atom stereocenters. The van der Waals surface area contributed by atoms with Crippen molar-refractivity contribution in [2.75, 3.05) is 20.3 Å². The molecule has 262 valence electrons. The van der Waals surface area contributed by atoms with Crippen molar-refractivity contribution in [2.24, 2.45) is 0 Å². The van der Waals surface area contributed by atoms with Crippen LogP contribution in [0.4, 0.5) is 39.5 Å². The summed E-state index contributed by atoms with van der Waals surface area (Å²) in [5.74, 6) is -1.94. The van der Waals surface area contributed by atoms with E-state index in [0.29, 0.717) is 22.8 Å². The summed E-state index contributed by atoms with van der Waals surface area (Å²) in [6.07, 6.45) is -11.5. The maximum absolute atomic E-state index is 12.0. The normalized spacial score (nSPS) is 13.3. The number of carboxylic acid groups (broad SMARTS) is 1. The van der Waals surface area contributed by atoms with Gasteiger partial charge in [-0.3, -0.25) is 0 Å². The van der Waals surface area contributed by atoms with Gasteiger partial charge < -0.3 is 38.6 Å². The summed E-state index contributed by atoms with van der Waals surface area (Å²) in [7, 11) is 1.23. The summed E-state index contributed by atoms with van der Waals surface area (Å²) in [6, 6.07) is 10.2. The molecule has 3 aromatic carbocycles. The molecule has 3 aromatic rings. The first-order valence-corrected chi connectivity index (χ1v) is 12.9. The van der Waals surface area contributed by atoms with Gasteiger partial charge in [-0.25, -0.2) is 9.64 Å². The lowest BCUT2D eigenvalue weighted by atomic mass is 10.1. The van der Waals surface area contributed by atoms with Crippen LogP contribution in [0.15, 0.2) is 65.9 Å². The van der Waals surface area contributed by atoms with Crippen molar-refractivity contribution >= 4 is 18.1 Å². The number of ether oxygens (including phenoxy) is 6. The van der Waals surface area contributed by atoms with Crippen molar-refractivity contribution in [1.82, 2.24) is 0 Å². The lowest BCUT2D eigenvalue weighted by Crippen LogP contribution is -2.18. The number of phenolic OH excluding ortho intramolecular Hbond substituents is 1. The van der Waals surface area contributed by atoms with Crippen LogP contribution in [0.2, 0.25) is 0 Å². The Bertz CT molecular complexity index is 1760. The van der Waals surface area contributed by atoms with Crippen LogP contribution in [0.3, 0.4) is 0 Å². The summed E-state index contributed by atoms with van der Waals surface area (Å²) in [5.41, 5.74) is 0.942. The lowest BCUT2D eigenvalue weighted by Gasteiger charge is -2.17. The minimum atomic E-state index is -4.79. The lowest BCUT2D eigenvalue weighted by molar-refractivity contribution is -0.275. The molecule has 0 saturated carbocycles. The fraction of sp³-hybridized carbons (Fsp3) is 0.200. The number of carboxylic acids is 1. The molecule has 0 bridgehead atoms. The second kappa shape index (κ2) is 15.3. The minimum Gasteiger partial charge on any atom is -0.504 e. The molecule has 0 saturated heterocycles. The highest BCUT2D eigenvalue weighted by atomic mass is 19.4. The smallest absolute Gasteiger partial charge is 0.504 e. The van der Waals surface area contributed by atoms with Crippen LogP contribution in [0.25, 0.3) is 17.0 Å². The number of alkyl halides is 9. The van der Waals surface area contributed by atoms with Gasteiger partial charge in [-0.1, -0.05) is 0 Å². The summed E-state index contributed by atoms with van der Waals surface area (Å²) in [5, 5.41) is 17.8. The quantitative estimate of drug-likeness (QED) is 0.201. The minimum absolute atomic E-state index is 0.0355. The standard InChI is InChI=1S/C11H6F3NO2.C11H7F3O4.C8H7F3O3/c1-15-8-4-7-5-9(17-11(12,13)14)2-3-10(7)16-6-8;12-11(13,14)18-8-1-2-9-6(4-8)3-7(5-17-9)10(15)16;1-13-7-4-5(2-3-6(7)12)14-8(9,10)11/h2-5H,6H2;1-4H,5H2,(H,15,16);2-4,12H,1H3. The summed E-state index contributed by atoms with van der Waals surface area (Å²) < 4.78 is 133. The fourth-order valence-electron chi connectivity index (χ4n) is 3.74. The Morgan fingerprint density at radius 1 is 0.735 bits per heavy atom. The Hall–Kier alpha value is -5.93. The van der Waals surface area contributed by atoms with Gasteiger partial charge in [0.25, 0.3) is 0 Å². The van der Waals surface area contributed by atoms with Crippen LogP contribution >= 0.6 is 0 Å². The second-order valence-electron chi connectivity index (χ2n) is 9.18. The molecule has 5 rings (SSSR count). The maximum atomic E-state index is 12.0. The predicted molar refractivity (Wildman–Crippen MR) is 149 cm³/mol. The Morgan fingerprint density at radius 3 is 1.63 bits per heavy atom. The third-order valence-corrected chi connectivity index (χ3v) is 5.64. The zero-order chi connectivity index (χ0) is 36.6. The summed E-state index contributed by atoms with van der Waals surface area (Å²) >= 11 is 0. The van der Waals surface area contributed by atoms with Crippen LogP contribution < -0.4 is 28.4 Å². The zero-order valence-corrected chi connectivity index (χ0v) is 24.4. The van der Waals surface area contributed by atoms with Crippen molar-refractivity contribution in [3.63, 3.8) is 0 Å². The highest BCUT2D eigenvalue weighted by Crippen LogP contribution is 2.35. The van der Waals surface area contributed by atoms with E-state index < -0.39 is 36.6 Å². The van der Waals surface area contributed by atoms with Crippen LogP contribution in [0, 0.1) is 6.57 Å². The largest absolute Gasteiger partial charge is 0.573 e. The first kappa shape index (κ1) is 37.5. The second-order valence-corrected chi connectivity index (χ2v) is 9.18. The molecule has 0 amide bonds. The molecular weight excluding hydrogens is 689 g/mol. The number of nitrogens with zero attached hydrogens (tertiary/aromatic N) is 1. The number of phenols is 1. The van der Waals surface area contributed by atoms with Gasteiger partial charge in [-0.05, 0) is 60.7 Å². The molecule has 0 aliphatic carbocycles. The van der Waals surface area contributed by atoms with Gasteiger partial charge in [0.1, 0.15) is 42.0 Å². The van der Waals surface area contributed by atoms with Gasteiger partial charge in [0, 0.05) is 17.2 Å². The van der Waals surface area contributed by atoms with Crippen LogP contribution in [-0.2, 0) is 4.79 Å². The molecule has 2 aliphatic rings. The van der Waals surface area contributed by atoms with E-state index in [1.807, 2.05) is 0 Å². The molecule has 0 radical (unpaired) electrons. The Morgan fingerprint density at radius 2 is 1.18 bits per heavy atom. The Balaban J connectivity index is 0.000000201. The molecule has 2 aliphatic heterocycles. The zero-order valence-electron chi connectivity index (χ0n) is 24.4. The van der Waals surface area contributed by atoms with Gasteiger partial charge in [-0.15, -0.1) is 39.5 Å². The molecule has 0 aromatic heterocycles. The van der Waals surface area contributed by atoms with Gasteiger partial charge in [0.15, 0.2) is 11.5 Å². The van der Waals surface area contributed by atoms with Crippen molar-refractivity contribution in [1.29, 1.82) is 0 Å². The summed E-state index contributed by atoms with van der Waals surface area (Å²) in [6.45, 7) is 6.81. The summed E-state index contributed by atoms with van der Waals surface area (Å²) in [4.78, 5) is 13.9. The van der Waals surface area contributed by atoms with E-state index in [2.05, 4.69) is 23.8 Å². The molecule has 0 fully saturated rings. The van der Waals surface area contributed by atoms with Gasteiger partial charge in [-0.2, -0.15) is 0 Å². The molecule has 49 heavy (non-hydrogen) atoms. The maximum Gasteiger partial charge on any atom is 0.573 e. The van der Waals surface area contributed by atoms with E-state index in [-0.39, 0.29) is 41.6 Å². The molecule has 10 nitrogen and oxygen atoms in total. The highest BCUT2D eigenvalue weighted by molar-refractivity contribution is 5.93. The molecule has 0 spiro atoms. The van der Waals surface area contributed by atoms with Crippen molar-refractivity contribution in [3.05, 3.63) is 88.4 Å². The van der Waals surface area contributed by atoms with Crippen LogP contribution in [-0.4, -0.2) is 55.6 Å². The van der Waals surface area contributed by atoms with Gasteiger partial charge >= 0.3 is 25.1 Å². The predicted octanol–water partition coefficient (Wildman–Crippen LogP) is 7.98. The monoisotopic (exact) mass is 709 g/mol. The van der Waals surface area contributed by atoms with Crippen LogP contribution in [0.5, 0.6) is 40.2 Å². The third-order valence-electron chi connectivity index (χ3n) is 5.64. The number of benzene rings is 3. The van der Waals surface area contributed by atoms with Crippen LogP contribution in [0.1, 0.15) is 11.1 Å². The number of methoxy groups -OCH3 is 1. The molecule has 2 N–H and O–H groups in total. The number of hydrogen-bond donors (Lipinski definition) is 2. The number of carbonyl (C=O) groups is 1. The Labute approximate surface area is 269 Å². The average molecular weight is 709 g/mol. The first-order valence-electron chi connectivity index (χ1n) is 12.9. The van der Waals surface area contributed by atoms with E-state index in [9.17, 15) is 44.3 Å². The SMILES string of the molecule is COc1cc(OC(F)(F)F)ccc1O.O=C(O)C1=Cc2cc(OC(F)(F)F)ccc2OC1.[C-]#[N+]C1=Cc2cc(OC(F)(F)F)ccc2OC1. The number of aliphatic carboxylic acids is 1. The number of halogens is 9. The number of hydrogen-bond acceptors (Lipinski definition) is 8. The third kappa shape index (κ3) is 12.3. The molecule has 0 atom stereocenters. The highest BCUT2D eigenvalue weighted by Gasteiger charge is 2.33. The topological polar surface area (TPSA) is 117 Å². The van der Waals surface area contributed by atoms with E-state index >= 15 is 0 Å². The van der Waals surface area contributed by atoms with Gasteiger partial charge in [0.2, 0.25) is 5.70 Å². The van der Waals surface area contributed by atoms with E-state index in [1.54, 1.807) is 0 Å². The fourth-order valence-corrected chi connectivity index (χ4v) is 3.74. The van der Waals surface area contributed by atoms with Crippen molar-refractivity contribution < 1.29 is 82.9 Å². The van der Waals surface area contributed by atoms with Crippen molar-refractivity contribution in [3.8, 4) is 40.2 Å². The number of aromatic hydroxyl groups is 1. The molecule has 19 heteroatoms. The molecule has 2 heterocycles. The molecular formula is C30H20F9NO9.